The van der Waals surface area contributed by atoms with Gasteiger partial charge in [-0.3, -0.25) is 9.78 Å². The third-order valence-electron chi connectivity index (χ3n) is 2.37. The Kier molecular flexibility index (Phi) is 6.10. The molecule has 0 aliphatic rings. The van der Waals surface area contributed by atoms with Crippen molar-refractivity contribution in [3.05, 3.63) is 29.6 Å². The fraction of sp³-hybridized carbons (Fsp3) is 0.500. The molecule has 0 aliphatic carbocycles. The summed E-state index contributed by atoms with van der Waals surface area (Å²) in [6.45, 7) is 6.30. The van der Waals surface area contributed by atoms with Gasteiger partial charge in [0.15, 0.2) is 0 Å². The van der Waals surface area contributed by atoms with Crippen LogP contribution in [0.25, 0.3) is 0 Å². The van der Waals surface area contributed by atoms with Gasteiger partial charge < -0.3 is 21.1 Å². The van der Waals surface area contributed by atoms with Gasteiger partial charge in [-0.15, -0.1) is 0 Å². The number of alkyl carbamates (subject to hydrolysis) is 1. The number of hydrogen-bond acceptors (Lipinski definition) is 5. The van der Waals surface area contributed by atoms with E-state index in [0.29, 0.717) is 18.8 Å². The summed E-state index contributed by atoms with van der Waals surface area (Å²) in [5.74, 6) is -0.301. The summed E-state index contributed by atoms with van der Waals surface area (Å²) >= 11 is 0. The van der Waals surface area contributed by atoms with E-state index < -0.39 is 11.7 Å². The molecule has 4 N–H and O–H groups in total. The van der Waals surface area contributed by atoms with Crippen molar-refractivity contribution in [3.63, 3.8) is 0 Å². The minimum Gasteiger partial charge on any atom is -0.444 e. The topological polar surface area (TPSA) is 106 Å². The first-order valence-corrected chi connectivity index (χ1v) is 6.72. The van der Waals surface area contributed by atoms with Crippen LogP contribution in [0.15, 0.2) is 18.3 Å². The van der Waals surface area contributed by atoms with Gasteiger partial charge in [-0.1, -0.05) is 6.07 Å². The Labute approximate surface area is 124 Å². The van der Waals surface area contributed by atoms with Gasteiger partial charge in [0.2, 0.25) is 0 Å². The van der Waals surface area contributed by atoms with Gasteiger partial charge in [0, 0.05) is 25.8 Å². The van der Waals surface area contributed by atoms with Gasteiger partial charge in [0.25, 0.3) is 5.91 Å². The molecule has 0 unspecified atom stereocenters. The van der Waals surface area contributed by atoms with Crippen molar-refractivity contribution < 1.29 is 14.3 Å². The Morgan fingerprint density at radius 3 is 2.43 bits per heavy atom. The standard InChI is InChI=1S/C14H22N4O3/c1-14(2,3)21-13(20)17-7-6-16-12(19)11-5-4-10(8-15)9-18-11/h4-5,9H,6-8,15H2,1-3H3,(H,16,19)(H,17,20). The van der Waals surface area contributed by atoms with E-state index >= 15 is 0 Å². The quantitative estimate of drug-likeness (QED) is 0.696. The van der Waals surface area contributed by atoms with Gasteiger partial charge in [0.05, 0.1) is 0 Å². The zero-order chi connectivity index (χ0) is 15.9. The lowest BCUT2D eigenvalue weighted by atomic mass is 10.2. The molecule has 2 amide bonds. The number of aromatic nitrogens is 1. The maximum atomic E-state index is 11.8. The number of carbonyl (C=O) groups is 2. The maximum absolute atomic E-state index is 11.8. The molecule has 1 aromatic heterocycles. The normalized spacial score (nSPS) is 10.9. The molecule has 0 spiro atoms. The van der Waals surface area contributed by atoms with E-state index in [1.54, 1.807) is 39.1 Å². The van der Waals surface area contributed by atoms with Crippen LogP contribution < -0.4 is 16.4 Å². The Bertz CT molecular complexity index is 480. The van der Waals surface area contributed by atoms with E-state index in [-0.39, 0.29) is 12.5 Å². The summed E-state index contributed by atoms with van der Waals surface area (Å²) in [7, 11) is 0. The fourth-order valence-electron chi connectivity index (χ4n) is 1.42. The van der Waals surface area contributed by atoms with E-state index in [2.05, 4.69) is 15.6 Å². The summed E-state index contributed by atoms with van der Waals surface area (Å²) in [6.07, 6.45) is 1.05. The highest BCUT2D eigenvalue weighted by Gasteiger charge is 2.15. The highest BCUT2D eigenvalue weighted by Crippen LogP contribution is 2.06. The summed E-state index contributed by atoms with van der Waals surface area (Å²) < 4.78 is 5.07. The predicted octanol–water partition coefficient (Wildman–Crippen LogP) is 0.795. The molecule has 0 fully saturated rings. The molecule has 1 rings (SSSR count). The van der Waals surface area contributed by atoms with E-state index in [1.807, 2.05) is 0 Å². The molecule has 1 heterocycles. The highest BCUT2D eigenvalue weighted by atomic mass is 16.6. The molecule has 21 heavy (non-hydrogen) atoms. The maximum Gasteiger partial charge on any atom is 0.407 e. The number of amides is 2. The lowest BCUT2D eigenvalue weighted by molar-refractivity contribution is 0.0526. The van der Waals surface area contributed by atoms with Crippen LogP contribution in [0.3, 0.4) is 0 Å². The van der Waals surface area contributed by atoms with Crippen LogP contribution >= 0.6 is 0 Å². The molecule has 0 bridgehead atoms. The lowest BCUT2D eigenvalue weighted by Crippen LogP contribution is -2.38. The average Bonchev–Trinajstić information content (AvgIpc) is 2.41. The van der Waals surface area contributed by atoms with Crippen molar-refractivity contribution in [2.75, 3.05) is 13.1 Å². The number of rotatable bonds is 5. The van der Waals surface area contributed by atoms with E-state index in [1.165, 1.54) is 0 Å². The van der Waals surface area contributed by atoms with Gasteiger partial charge in [0.1, 0.15) is 11.3 Å². The number of pyridine rings is 1. The first-order valence-electron chi connectivity index (χ1n) is 6.72. The fourth-order valence-corrected chi connectivity index (χ4v) is 1.42. The molecule has 0 aromatic carbocycles. The zero-order valence-electron chi connectivity index (χ0n) is 12.6. The van der Waals surface area contributed by atoms with Gasteiger partial charge in [-0.25, -0.2) is 4.79 Å². The summed E-state index contributed by atoms with van der Waals surface area (Å²) in [5, 5.41) is 5.20. The van der Waals surface area contributed by atoms with E-state index in [9.17, 15) is 9.59 Å². The Morgan fingerprint density at radius 1 is 1.24 bits per heavy atom. The van der Waals surface area contributed by atoms with E-state index in [0.717, 1.165) is 5.56 Å². The molecule has 0 saturated heterocycles. The Hall–Kier alpha value is -2.15. The molecule has 0 radical (unpaired) electrons. The number of nitrogens with one attached hydrogen (secondary N) is 2. The first kappa shape index (κ1) is 16.9. The molecule has 0 saturated carbocycles. The van der Waals surface area contributed by atoms with Crippen molar-refractivity contribution in [1.82, 2.24) is 15.6 Å². The molecule has 0 aliphatic heterocycles. The van der Waals surface area contributed by atoms with Crippen LogP contribution in [0.4, 0.5) is 4.79 Å². The Morgan fingerprint density at radius 2 is 1.90 bits per heavy atom. The SMILES string of the molecule is CC(C)(C)OC(=O)NCCNC(=O)c1ccc(CN)cn1. The second kappa shape index (κ2) is 7.58. The monoisotopic (exact) mass is 294 g/mol. The summed E-state index contributed by atoms with van der Waals surface area (Å²) in [5.41, 5.74) is 6.08. The van der Waals surface area contributed by atoms with Crippen LogP contribution in [0, 0.1) is 0 Å². The number of carbonyl (C=O) groups excluding carboxylic acids is 2. The number of nitrogens with zero attached hydrogens (tertiary/aromatic N) is 1. The van der Waals surface area contributed by atoms with Crippen molar-refractivity contribution in [3.8, 4) is 0 Å². The van der Waals surface area contributed by atoms with Crippen LogP contribution in [0.2, 0.25) is 0 Å². The minimum atomic E-state index is -0.540. The van der Waals surface area contributed by atoms with Crippen molar-refractivity contribution in [1.29, 1.82) is 0 Å². The summed E-state index contributed by atoms with van der Waals surface area (Å²) in [6, 6.07) is 3.36. The number of nitrogens with two attached hydrogens (primary N) is 1. The van der Waals surface area contributed by atoms with Gasteiger partial charge >= 0.3 is 6.09 Å². The van der Waals surface area contributed by atoms with Crippen LogP contribution in [-0.4, -0.2) is 35.7 Å². The van der Waals surface area contributed by atoms with Crippen LogP contribution in [0.5, 0.6) is 0 Å². The van der Waals surface area contributed by atoms with Crippen LogP contribution in [-0.2, 0) is 11.3 Å². The number of hydrogen-bond donors (Lipinski definition) is 3. The molecular formula is C14H22N4O3. The van der Waals surface area contributed by atoms with Crippen molar-refractivity contribution >= 4 is 12.0 Å². The van der Waals surface area contributed by atoms with Crippen molar-refractivity contribution in [2.45, 2.75) is 32.9 Å². The minimum absolute atomic E-state index is 0.279. The third-order valence-corrected chi connectivity index (χ3v) is 2.37. The molecule has 0 atom stereocenters. The first-order chi connectivity index (χ1) is 9.81. The molecule has 7 nitrogen and oxygen atoms in total. The van der Waals surface area contributed by atoms with Crippen LogP contribution in [0.1, 0.15) is 36.8 Å². The predicted molar refractivity (Wildman–Crippen MR) is 78.7 cm³/mol. The largest absolute Gasteiger partial charge is 0.444 e. The highest BCUT2D eigenvalue weighted by molar-refractivity contribution is 5.92. The molecular weight excluding hydrogens is 272 g/mol. The molecule has 116 valence electrons. The average molecular weight is 294 g/mol. The third kappa shape index (κ3) is 6.71. The summed E-state index contributed by atoms with van der Waals surface area (Å²) in [4.78, 5) is 27.2. The zero-order valence-corrected chi connectivity index (χ0v) is 12.6. The van der Waals surface area contributed by atoms with Gasteiger partial charge in [-0.2, -0.15) is 0 Å². The molecule has 1 aromatic rings. The lowest BCUT2D eigenvalue weighted by Gasteiger charge is -2.19. The second-order valence-electron chi connectivity index (χ2n) is 5.44. The molecule has 7 heteroatoms. The van der Waals surface area contributed by atoms with E-state index in [4.69, 9.17) is 10.5 Å². The Balaban J connectivity index is 2.28. The smallest absolute Gasteiger partial charge is 0.407 e. The van der Waals surface area contributed by atoms with Gasteiger partial charge in [-0.05, 0) is 32.4 Å². The number of ether oxygens (including phenoxy) is 1. The van der Waals surface area contributed by atoms with Crippen molar-refractivity contribution in [2.24, 2.45) is 5.73 Å². The second-order valence-corrected chi connectivity index (χ2v) is 5.44.